The summed E-state index contributed by atoms with van der Waals surface area (Å²) < 4.78 is 11.1. The molecule has 75 heavy (non-hydrogen) atoms. The summed E-state index contributed by atoms with van der Waals surface area (Å²) in [5.41, 5.74) is 0. The zero-order chi connectivity index (χ0) is 54.7. The van der Waals surface area contributed by atoms with Gasteiger partial charge in [-0.2, -0.15) is 0 Å². The van der Waals surface area contributed by atoms with E-state index in [1.165, 1.54) is 205 Å². The molecule has 0 aromatic rings. The maximum atomic E-state index is 13.2. The normalized spacial score (nSPS) is 19.9. The first-order chi connectivity index (χ1) is 36.7. The maximum Gasteiger partial charge on any atom is 0.249 e. The molecule has 11 nitrogen and oxygen atoms in total. The molecule has 1 amide bonds. The monoisotopic (exact) mass is 1060 g/mol. The van der Waals surface area contributed by atoms with E-state index in [1.54, 1.807) is 0 Å². The van der Waals surface area contributed by atoms with Crippen LogP contribution in [-0.4, -0.2) is 110 Å². The summed E-state index contributed by atoms with van der Waals surface area (Å²) in [6, 6.07) is -1.19. The molecule has 1 aliphatic rings. The first kappa shape index (κ1) is 71.3. The predicted octanol–water partition coefficient (Wildman–Crippen LogP) is 14.2. The van der Waals surface area contributed by atoms with Crippen molar-refractivity contribution < 1.29 is 50.0 Å². The van der Waals surface area contributed by atoms with Gasteiger partial charge in [0.25, 0.3) is 0 Å². The summed E-state index contributed by atoms with van der Waals surface area (Å²) in [6.45, 7) is 3.46. The Morgan fingerprint density at radius 1 is 0.453 bits per heavy atom. The van der Waals surface area contributed by atoms with Crippen molar-refractivity contribution in [1.82, 2.24) is 5.32 Å². The molecule has 8 N–H and O–H groups in total. The summed E-state index contributed by atoms with van der Waals surface area (Å²) in [5, 5.41) is 76.2. The van der Waals surface area contributed by atoms with E-state index in [1.807, 2.05) is 0 Å². The minimum Gasteiger partial charge on any atom is -0.394 e. The quantitative estimate of drug-likeness (QED) is 0.0215. The Balaban J connectivity index is 2.26. The number of carbonyl (C=O) groups excluding carboxylic acids is 1. The second-order valence-electron chi connectivity index (χ2n) is 22.5. The molecule has 1 saturated heterocycles. The summed E-state index contributed by atoms with van der Waals surface area (Å²) in [6.07, 6.45) is 55.0. The van der Waals surface area contributed by atoms with Gasteiger partial charge in [0.05, 0.1) is 25.4 Å². The third-order valence-corrected chi connectivity index (χ3v) is 15.4. The van der Waals surface area contributed by atoms with E-state index in [4.69, 9.17) is 9.47 Å². The Bertz CT molecular complexity index is 1310. The number of rotatable bonds is 55. The van der Waals surface area contributed by atoms with E-state index < -0.39 is 74.2 Å². The molecule has 11 heteroatoms. The molecule has 1 rings (SSSR count). The third-order valence-electron chi connectivity index (χ3n) is 15.4. The van der Waals surface area contributed by atoms with Gasteiger partial charge in [0, 0.05) is 0 Å². The average Bonchev–Trinajstić information content (AvgIpc) is 3.41. The van der Waals surface area contributed by atoms with Crippen LogP contribution < -0.4 is 5.32 Å². The van der Waals surface area contributed by atoms with E-state index in [9.17, 15) is 40.5 Å². The number of ether oxygens (including phenoxy) is 2. The number of unbranched alkanes of at least 4 members (excludes halogenated alkanes) is 37. The van der Waals surface area contributed by atoms with E-state index in [-0.39, 0.29) is 12.8 Å². The highest BCUT2D eigenvalue weighted by atomic mass is 16.7. The predicted molar refractivity (Wildman–Crippen MR) is 312 cm³/mol. The largest absolute Gasteiger partial charge is 0.394 e. The van der Waals surface area contributed by atoms with Crippen LogP contribution in [0.5, 0.6) is 0 Å². The van der Waals surface area contributed by atoms with Crippen molar-refractivity contribution in [1.29, 1.82) is 0 Å². The number of aliphatic hydroxyl groups excluding tert-OH is 7. The van der Waals surface area contributed by atoms with E-state index in [0.29, 0.717) is 19.3 Å². The van der Waals surface area contributed by atoms with Gasteiger partial charge in [-0.25, -0.2) is 0 Å². The number of hydrogen-bond acceptors (Lipinski definition) is 10. The van der Waals surface area contributed by atoms with Crippen LogP contribution in [-0.2, 0) is 14.3 Å². The number of allylic oxidation sites excluding steroid dienone is 6. The van der Waals surface area contributed by atoms with Crippen LogP contribution in [0.15, 0.2) is 36.5 Å². The highest BCUT2D eigenvalue weighted by molar-refractivity contribution is 5.80. The fourth-order valence-electron chi connectivity index (χ4n) is 10.2. The highest BCUT2D eigenvalue weighted by Gasteiger charge is 2.44. The van der Waals surface area contributed by atoms with Gasteiger partial charge in [-0.1, -0.05) is 269 Å². The summed E-state index contributed by atoms with van der Waals surface area (Å²) >= 11 is 0. The van der Waals surface area contributed by atoms with Crippen LogP contribution in [0.1, 0.15) is 296 Å². The van der Waals surface area contributed by atoms with Crippen molar-refractivity contribution in [3.63, 3.8) is 0 Å². The molecule has 1 fully saturated rings. The molecular formula is C64H121NO10. The lowest BCUT2D eigenvalue weighted by Gasteiger charge is -2.40. The van der Waals surface area contributed by atoms with Crippen LogP contribution in [0.2, 0.25) is 0 Å². The lowest BCUT2D eigenvalue weighted by molar-refractivity contribution is -0.303. The molecule has 442 valence electrons. The maximum absolute atomic E-state index is 13.2. The van der Waals surface area contributed by atoms with Crippen molar-refractivity contribution in [2.75, 3.05) is 13.2 Å². The van der Waals surface area contributed by atoms with Gasteiger partial charge < -0.3 is 50.5 Å². The van der Waals surface area contributed by atoms with Crippen molar-refractivity contribution in [2.45, 2.75) is 351 Å². The zero-order valence-electron chi connectivity index (χ0n) is 48.5. The summed E-state index contributed by atoms with van der Waals surface area (Å²) in [7, 11) is 0. The van der Waals surface area contributed by atoms with Crippen molar-refractivity contribution in [3.8, 4) is 0 Å². The van der Waals surface area contributed by atoms with Gasteiger partial charge in [0.1, 0.15) is 36.6 Å². The van der Waals surface area contributed by atoms with E-state index in [0.717, 1.165) is 44.9 Å². The highest BCUT2D eigenvalue weighted by Crippen LogP contribution is 2.23. The molecule has 0 saturated carbocycles. The summed E-state index contributed by atoms with van der Waals surface area (Å²) in [4.78, 5) is 13.2. The first-order valence-electron chi connectivity index (χ1n) is 31.9. The van der Waals surface area contributed by atoms with Crippen LogP contribution in [0.3, 0.4) is 0 Å². The lowest BCUT2D eigenvalue weighted by Crippen LogP contribution is -2.60. The van der Waals surface area contributed by atoms with Crippen LogP contribution in [0.4, 0.5) is 0 Å². The van der Waals surface area contributed by atoms with Gasteiger partial charge in [0.2, 0.25) is 5.91 Å². The molecule has 0 aliphatic carbocycles. The molecular weight excluding hydrogens is 943 g/mol. The van der Waals surface area contributed by atoms with Gasteiger partial charge >= 0.3 is 0 Å². The molecule has 9 atom stereocenters. The topological polar surface area (TPSA) is 189 Å². The molecule has 0 spiro atoms. The second-order valence-corrected chi connectivity index (χ2v) is 22.5. The molecule has 0 aromatic carbocycles. The van der Waals surface area contributed by atoms with E-state index in [2.05, 4.69) is 55.6 Å². The Morgan fingerprint density at radius 2 is 0.800 bits per heavy atom. The Kier molecular flexibility index (Phi) is 50.4. The number of hydrogen-bond donors (Lipinski definition) is 8. The number of nitrogens with one attached hydrogen (secondary N) is 1. The SMILES string of the molecule is CCCCCCCCC/C=C/CC/C=C/CC/C=C/CCCC(O)C(O)C(COC1OC(CO)C(O)C(O)C1O)NC(=O)C(O)CCCCCCCCCCCCCCCCCCCCCCCCCCCCCC. The van der Waals surface area contributed by atoms with Crippen LogP contribution >= 0.6 is 0 Å². The smallest absolute Gasteiger partial charge is 0.249 e. The van der Waals surface area contributed by atoms with E-state index >= 15 is 0 Å². The molecule has 9 unspecified atom stereocenters. The minimum atomic E-state index is -1.67. The fourth-order valence-corrected chi connectivity index (χ4v) is 10.2. The molecule has 1 aliphatic heterocycles. The molecule has 0 radical (unpaired) electrons. The minimum absolute atomic E-state index is 0.243. The van der Waals surface area contributed by atoms with Gasteiger partial charge in [-0.15, -0.1) is 0 Å². The standard InChI is InChI=1S/C64H121NO10/c1-3-5-7-9-11-13-15-17-19-21-23-25-26-27-28-29-30-31-32-34-36-38-40-42-44-46-48-50-52-57(68)63(73)65-55(54-74-64-62(72)61(71)60(70)58(53-66)75-64)59(69)56(67)51-49-47-45-43-41-39-37-35-33-24-22-20-18-16-14-12-10-8-6-4-2/h20,22,35,37,43,45,55-62,64,66-72H,3-19,21,23-34,36,38-42,44,46-54H2,1-2H3,(H,65,73)/b22-20+,37-35+,45-43+. The summed E-state index contributed by atoms with van der Waals surface area (Å²) in [5.74, 6) is -0.707. The van der Waals surface area contributed by atoms with Gasteiger partial charge in [-0.3, -0.25) is 4.79 Å². The molecule has 1 heterocycles. The Hall–Kier alpha value is -1.67. The van der Waals surface area contributed by atoms with Crippen LogP contribution in [0.25, 0.3) is 0 Å². The Labute approximate surface area is 460 Å². The van der Waals surface area contributed by atoms with Crippen molar-refractivity contribution >= 4 is 5.91 Å². The average molecular weight is 1060 g/mol. The first-order valence-corrected chi connectivity index (χ1v) is 31.9. The van der Waals surface area contributed by atoms with Gasteiger partial charge in [0.15, 0.2) is 6.29 Å². The van der Waals surface area contributed by atoms with Crippen molar-refractivity contribution in [3.05, 3.63) is 36.5 Å². The number of carbonyl (C=O) groups is 1. The second kappa shape index (κ2) is 53.0. The fraction of sp³-hybridized carbons (Fsp3) is 0.891. The van der Waals surface area contributed by atoms with Crippen molar-refractivity contribution in [2.24, 2.45) is 0 Å². The lowest BCUT2D eigenvalue weighted by atomic mass is 9.98. The molecule has 0 bridgehead atoms. The Morgan fingerprint density at radius 3 is 1.19 bits per heavy atom. The van der Waals surface area contributed by atoms with Gasteiger partial charge in [-0.05, 0) is 64.2 Å². The number of aliphatic hydroxyl groups is 7. The van der Waals surface area contributed by atoms with Crippen LogP contribution in [0, 0.1) is 0 Å². The number of amides is 1. The third kappa shape index (κ3) is 41.1. The molecule has 0 aromatic heterocycles. The zero-order valence-corrected chi connectivity index (χ0v) is 48.5.